The summed E-state index contributed by atoms with van der Waals surface area (Å²) < 4.78 is 30.1. The van der Waals surface area contributed by atoms with Gasteiger partial charge in [-0.2, -0.15) is 0 Å². The van der Waals surface area contributed by atoms with E-state index in [-0.39, 0.29) is 35.3 Å². The Kier molecular flexibility index (Phi) is 10.1. The molecule has 0 aliphatic rings. The number of nitro groups is 1. The molecule has 3 aromatic rings. The van der Waals surface area contributed by atoms with Crippen molar-refractivity contribution in [2.24, 2.45) is 0 Å². The monoisotopic (exact) mass is 646 g/mol. The van der Waals surface area contributed by atoms with Crippen LogP contribution in [0.2, 0.25) is 0 Å². The fraction of sp³-hybridized carbons (Fsp3) is 0.318. The largest absolute Gasteiger partial charge is 0.458 e. The molecule has 0 radical (unpaired) electrons. The van der Waals surface area contributed by atoms with E-state index in [4.69, 9.17) is 13.7 Å². The molecule has 1 heterocycles. The van der Waals surface area contributed by atoms with Crippen molar-refractivity contribution in [1.29, 1.82) is 0 Å². The van der Waals surface area contributed by atoms with E-state index in [1.54, 1.807) is 38.4 Å². The van der Waals surface area contributed by atoms with Crippen LogP contribution in [0.3, 0.4) is 0 Å². The van der Waals surface area contributed by atoms with Gasteiger partial charge in [0.05, 0.1) is 11.0 Å². The summed E-state index contributed by atoms with van der Waals surface area (Å²) in [5.74, 6) is 0.364. The normalized spacial score (nSPS) is 11.6. The molecule has 0 atom stereocenters. The van der Waals surface area contributed by atoms with Crippen molar-refractivity contribution in [3.8, 4) is 11.5 Å². The topological polar surface area (TPSA) is 136 Å². The molecule has 0 unspecified atom stereocenters. The number of halogens is 2. The zero-order valence-electron chi connectivity index (χ0n) is 19.5. The Morgan fingerprint density at radius 3 is 2.44 bits per heavy atom. The molecule has 1 amide bonds. The van der Waals surface area contributed by atoms with Gasteiger partial charge in [-0.15, -0.1) is 0 Å². The number of alkyl halides is 2. The van der Waals surface area contributed by atoms with E-state index in [9.17, 15) is 19.5 Å². The van der Waals surface area contributed by atoms with E-state index in [2.05, 4.69) is 42.0 Å². The SMILES string of the molecule is CN(C)C(=O)c1cccc(Oc2cc3cc(COP(=O)(NCCBr)NCCBr)oc3cc2[N+](=O)[O-])c1. The summed E-state index contributed by atoms with van der Waals surface area (Å²) in [6, 6.07) is 10.8. The Hall–Kier alpha value is -2.28. The summed E-state index contributed by atoms with van der Waals surface area (Å²) >= 11 is 6.55. The quantitative estimate of drug-likeness (QED) is 0.108. The van der Waals surface area contributed by atoms with Gasteiger partial charge in [-0.3, -0.25) is 24.0 Å². The highest BCUT2D eigenvalue weighted by Crippen LogP contribution is 2.40. The number of benzene rings is 2. The van der Waals surface area contributed by atoms with E-state index in [1.165, 1.54) is 23.1 Å². The molecule has 0 aliphatic carbocycles. The number of amides is 1. The van der Waals surface area contributed by atoms with Gasteiger partial charge in [-0.25, -0.2) is 10.2 Å². The molecule has 0 saturated heterocycles. The number of rotatable bonds is 13. The number of hydrogen-bond acceptors (Lipinski definition) is 7. The van der Waals surface area contributed by atoms with Gasteiger partial charge in [0.15, 0.2) is 0 Å². The smallest absolute Gasteiger partial charge is 0.341 e. The molecule has 0 saturated carbocycles. The van der Waals surface area contributed by atoms with Crippen molar-refractivity contribution in [3.05, 3.63) is 63.9 Å². The third kappa shape index (κ3) is 7.37. The standard InChI is InChI=1S/C22H25Br2N4O7P/c1-27(2)22(29)15-4-3-5-17(10-15)34-21-12-16-11-18(35-20(16)13-19(21)28(30)31)14-33-36(32,25-8-6-23)26-9-7-24/h3-5,10-13H,6-9,14H2,1-2H3,(H2,25,26,32). The third-order valence-electron chi connectivity index (χ3n) is 4.78. The second kappa shape index (κ2) is 12.8. The minimum atomic E-state index is -3.35. The number of carbonyl (C=O) groups excluding carboxylic acids is 1. The maximum absolute atomic E-state index is 13.0. The number of nitrogens with one attached hydrogen (secondary N) is 2. The average molecular weight is 648 g/mol. The van der Waals surface area contributed by atoms with E-state index in [1.807, 2.05) is 0 Å². The minimum absolute atomic E-state index is 0.0149. The van der Waals surface area contributed by atoms with Crippen LogP contribution in [-0.4, -0.2) is 53.6 Å². The lowest BCUT2D eigenvalue weighted by Gasteiger charge is -2.19. The van der Waals surface area contributed by atoms with E-state index >= 15 is 0 Å². The fourth-order valence-corrected chi connectivity index (χ4v) is 5.59. The fourth-order valence-electron chi connectivity index (χ4n) is 3.16. The zero-order chi connectivity index (χ0) is 26.3. The number of hydrogen-bond donors (Lipinski definition) is 2. The molecule has 3 rings (SSSR count). The van der Waals surface area contributed by atoms with Crippen LogP contribution in [0.1, 0.15) is 16.1 Å². The van der Waals surface area contributed by atoms with Crippen molar-refractivity contribution in [1.82, 2.24) is 15.1 Å². The van der Waals surface area contributed by atoms with Crippen LogP contribution in [0.4, 0.5) is 5.69 Å². The van der Waals surface area contributed by atoms with Crippen LogP contribution < -0.4 is 14.9 Å². The van der Waals surface area contributed by atoms with Crippen LogP contribution in [0.25, 0.3) is 11.0 Å². The Morgan fingerprint density at radius 1 is 1.14 bits per heavy atom. The van der Waals surface area contributed by atoms with Crippen molar-refractivity contribution in [3.63, 3.8) is 0 Å². The van der Waals surface area contributed by atoms with Crippen LogP contribution >= 0.6 is 39.5 Å². The molecule has 0 spiro atoms. The van der Waals surface area contributed by atoms with Crippen molar-refractivity contribution < 1.29 is 28.0 Å². The number of nitrogens with zero attached hydrogens (tertiary/aromatic N) is 2. The van der Waals surface area contributed by atoms with E-state index in [0.29, 0.717) is 40.5 Å². The lowest BCUT2D eigenvalue weighted by molar-refractivity contribution is -0.385. The molecule has 0 fully saturated rings. The highest BCUT2D eigenvalue weighted by atomic mass is 79.9. The van der Waals surface area contributed by atoms with Gasteiger partial charge in [-0.05, 0) is 30.3 Å². The van der Waals surface area contributed by atoms with Crippen molar-refractivity contribution >= 4 is 62.1 Å². The maximum Gasteiger partial charge on any atom is 0.341 e. The highest BCUT2D eigenvalue weighted by molar-refractivity contribution is 9.09. The molecular formula is C22H25Br2N4O7P. The summed E-state index contributed by atoms with van der Waals surface area (Å²) in [5, 5.41) is 19.1. The van der Waals surface area contributed by atoms with Gasteiger partial charge in [-0.1, -0.05) is 37.9 Å². The Labute approximate surface area is 224 Å². The predicted molar refractivity (Wildman–Crippen MR) is 143 cm³/mol. The number of nitro benzene ring substituents is 1. The van der Waals surface area contributed by atoms with Gasteiger partial charge in [0.2, 0.25) is 5.75 Å². The summed E-state index contributed by atoms with van der Waals surface area (Å²) in [7, 11) is -0.0891. The summed E-state index contributed by atoms with van der Waals surface area (Å²) in [4.78, 5) is 24.8. The molecule has 36 heavy (non-hydrogen) atoms. The summed E-state index contributed by atoms with van der Waals surface area (Å²) in [6.45, 7) is 0.705. The second-order valence-electron chi connectivity index (χ2n) is 7.68. The van der Waals surface area contributed by atoms with E-state index in [0.717, 1.165) is 0 Å². The van der Waals surface area contributed by atoms with Gasteiger partial charge in [0, 0.05) is 48.8 Å². The molecule has 1 aromatic heterocycles. The first kappa shape index (κ1) is 28.3. The second-order valence-corrected chi connectivity index (χ2v) is 11.3. The van der Waals surface area contributed by atoms with E-state index < -0.39 is 12.6 Å². The minimum Gasteiger partial charge on any atom is -0.458 e. The first-order valence-electron chi connectivity index (χ1n) is 10.7. The number of furan rings is 1. The van der Waals surface area contributed by atoms with Gasteiger partial charge >= 0.3 is 13.4 Å². The van der Waals surface area contributed by atoms with Crippen LogP contribution in [0.5, 0.6) is 11.5 Å². The van der Waals surface area contributed by atoms with Gasteiger partial charge in [0.25, 0.3) is 5.91 Å². The molecule has 14 heteroatoms. The molecule has 11 nitrogen and oxygen atoms in total. The average Bonchev–Trinajstić information content (AvgIpc) is 3.26. The molecular weight excluding hydrogens is 623 g/mol. The Balaban J connectivity index is 1.86. The molecule has 194 valence electrons. The van der Waals surface area contributed by atoms with Crippen LogP contribution in [0, 0.1) is 10.1 Å². The first-order chi connectivity index (χ1) is 17.2. The van der Waals surface area contributed by atoms with Gasteiger partial charge < -0.3 is 14.1 Å². The van der Waals surface area contributed by atoms with Crippen LogP contribution in [-0.2, 0) is 15.7 Å². The zero-order valence-corrected chi connectivity index (χ0v) is 23.6. The number of fused-ring (bicyclic) bond motifs is 1. The van der Waals surface area contributed by atoms with Crippen molar-refractivity contribution in [2.75, 3.05) is 37.8 Å². The first-order valence-corrected chi connectivity index (χ1v) is 14.6. The van der Waals surface area contributed by atoms with Crippen LogP contribution in [0.15, 0.2) is 46.9 Å². The molecule has 2 N–H and O–H groups in total. The maximum atomic E-state index is 13.0. The molecule has 0 aliphatic heterocycles. The summed E-state index contributed by atoms with van der Waals surface area (Å²) in [5.41, 5.74) is 0.327. The van der Waals surface area contributed by atoms with Gasteiger partial charge in [0.1, 0.15) is 23.7 Å². The lowest BCUT2D eigenvalue weighted by Crippen LogP contribution is -2.26. The molecule has 2 aromatic carbocycles. The Bertz CT molecular complexity index is 1270. The lowest BCUT2D eigenvalue weighted by atomic mass is 10.2. The number of ether oxygens (including phenoxy) is 1. The predicted octanol–water partition coefficient (Wildman–Crippen LogP) is 5.43. The molecule has 0 bridgehead atoms. The Morgan fingerprint density at radius 2 is 1.83 bits per heavy atom. The van der Waals surface area contributed by atoms with Crippen molar-refractivity contribution in [2.45, 2.75) is 6.61 Å². The number of carbonyl (C=O) groups is 1. The summed E-state index contributed by atoms with van der Waals surface area (Å²) in [6.07, 6.45) is 0. The third-order valence-corrected chi connectivity index (χ3v) is 7.34. The highest BCUT2D eigenvalue weighted by Gasteiger charge is 2.24.